The van der Waals surface area contributed by atoms with Crippen molar-refractivity contribution in [2.45, 2.75) is 57.0 Å². The number of nitrogens with zero attached hydrogens (tertiary/aromatic N) is 4. The van der Waals surface area contributed by atoms with Crippen molar-refractivity contribution in [3.05, 3.63) is 30.5 Å². The third kappa shape index (κ3) is 2.54. The number of amides is 1. The zero-order chi connectivity index (χ0) is 17.9. The quantitative estimate of drug-likeness (QED) is 0.899. The van der Waals surface area contributed by atoms with E-state index in [0.717, 1.165) is 50.2 Å². The molecule has 2 aliphatic carbocycles. The van der Waals surface area contributed by atoms with Crippen LogP contribution >= 0.6 is 0 Å². The highest BCUT2D eigenvalue weighted by Crippen LogP contribution is 2.49. The molecule has 1 aliphatic heterocycles. The van der Waals surface area contributed by atoms with E-state index < -0.39 is 5.60 Å². The summed E-state index contributed by atoms with van der Waals surface area (Å²) in [6.45, 7) is 3.63. The molecule has 1 saturated heterocycles. The molecule has 3 heterocycles. The lowest BCUT2D eigenvalue weighted by molar-refractivity contribution is -0.163. The van der Waals surface area contributed by atoms with E-state index >= 15 is 0 Å². The Balaban J connectivity index is 1.20. The normalized spacial score (nSPS) is 31.0. The van der Waals surface area contributed by atoms with Gasteiger partial charge in [0.15, 0.2) is 0 Å². The van der Waals surface area contributed by atoms with Crippen LogP contribution in [0.2, 0.25) is 0 Å². The summed E-state index contributed by atoms with van der Waals surface area (Å²) in [4.78, 5) is 23.5. The van der Waals surface area contributed by atoms with Crippen LogP contribution < -0.4 is 0 Å². The van der Waals surface area contributed by atoms with Gasteiger partial charge < -0.3 is 10.0 Å². The van der Waals surface area contributed by atoms with Crippen molar-refractivity contribution in [3.8, 4) is 0 Å². The second kappa shape index (κ2) is 5.52. The average molecular weight is 354 g/mol. The van der Waals surface area contributed by atoms with Crippen LogP contribution in [0.15, 0.2) is 24.7 Å². The van der Waals surface area contributed by atoms with E-state index in [1.807, 2.05) is 36.5 Å². The van der Waals surface area contributed by atoms with Crippen LogP contribution in [0, 0.1) is 11.3 Å². The molecule has 1 amide bonds. The van der Waals surface area contributed by atoms with Crippen LogP contribution in [0.5, 0.6) is 0 Å². The predicted molar refractivity (Wildman–Crippen MR) is 96.6 cm³/mol. The SMILES string of the molecule is CC1(O)CC(C(=O)N2CC3(CCC(c4nccc5nccn45)CC3)C2)C1. The highest BCUT2D eigenvalue weighted by molar-refractivity contribution is 5.81. The second-order valence-corrected chi connectivity index (χ2v) is 9.03. The predicted octanol–water partition coefficient (Wildman–Crippen LogP) is 2.38. The first-order valence-corrected chi connectivity index (χ1v) is 9.74. The van der Waals surface area contributed by atoms with Crippen molar-refractivity contribution in [3.63, 3.8) is 0 Å². The van der Waals surface area contributed by atoms with E-state index in [2.05, 4.69) is 14.4 Å². The standard InChI is InChI=1S/C20H26N4O2/c1-19(26)10-15(11-19)18(25)23-12-20(13-23)5-2-14(3-6-20)17-22-7-4-16-21-8-9-24(16)17/h4,7-9,14-15,26H,2-3,5-6,10-13H2,1H3. The first-order chi connectivity index (χ1) is 12.4. The van der Waals surface area contributed by atoms with Crippen LogP contribution in [0.1, 0.15) is 57.2 Å². The summed E-state index contributed by atoms with van der Waals surface area (Å²) in [6, 6.07) is 1.95. The summed E-state index contributed by atoms with van der Waals surface area (Å²) < 4.78 is 2.11. The van der Waals surface area contributed by atoms with Crippen molar-refractivity contribution in [1.82, 2.24) is 19.3 Å². The zero-order valence-corrected chi connectivity index (χ0v) is 15.3. The first-order valence-electron chi connectivity index (χ1n) is 9.74. The maximum atomic E-state index is 12.5. The van der Waals surface area contributed by atoms with Gasteiger partial charge in [-0.2, -0.15) is 0 Å². The second-order valence-electron chi connectivity index (χ2n) is 9.03. The zero-order valence-electron chi connectivity index (χ0n) is 15.3. The van der Waals surface area contributed by atoms with E-state index in [0.29, 0.717) is 24.2 Å². The summed E-state index contributed by atoms with van der Waals surface area (Å²) in [6.07, 6.45) is 11.5. The largest absolute Gasteiger partial charge is 0.390 e. The van der Waals surface area contributed by atoms with Gasteiger partial charge in [-0.15, -0.1) is 0 Å². The molecule has 1 spiro atoms. The van der Waals surface area contributed by atoms with Gasteiger partial charge in [0.25, 0.3) is 0 Å². The summed E-state index contributed by atoms with van der Waals surface area (Å²) in [5.41, 5.74) is 0.663. The molecule has 3 aliphatic rings. The number of hydrogen-bond donors (Lipinski definition) is 1. The van der Waals surface area contributed by atoms with Crippen LogP contribution in [0.4, 0.5) is 0 Å². The third-order valence-electron chi connectivity index (χ3n) is 6.84. The number of likely N-dealkylation sites (tertiary alicyclic amines) is 1. The summed E-state index contributed by atoms with van der Waals surface area (Å²) >= 11 is 0. The average Bonchev–Trinajstić information content (AvgIpc) is 3.06. The number of hydrogen-bond acceptors (Lipinski definition) is 4. The maximum absolute atomic E-state index is 12.5. The molecule has 5 rings (SSSR count). The number of aliphatic hydroxyl groups is 1. The van der Waals surface area contributed by atoms with Crippen molar-refractivity contribution in [2.75, 3.05) is 13.1 Å². The van der Waals surface area contributed by atoms with Crippen LogP contribution in [0.25, 0.3) is 5.65 Å². The van der Waals surface area contributed by atoms with Gasteiger partial charge in [-0.25, -0.2) is 9.97 Å². The fourth-order valence-corrected chi connectivity index (χ4v) is 5.34. The van der Waals surface area contributed by atoms with E-state index in [4.69, 9.17) is 0 Å². The Morgan fingerprint density at radius 2 is 1.92 bits per heavy atom. The topological polar surface area (TPSA) is 70.7 Å². The number of fused-ring (bicyclic) bond motifs is 1. The Morgan fingerprint density at radius 3 is 2.62 bits per heavy atom. The Bertz CT molecular complexity index is 834. The number of carbonyl (C=O) groups is 1. The Labute approximate surface area is 153 Å². The minimum Gasteiger partial charge on any atom is -0.390 e. The third-order valence-corrected chi connectivity index (χ3v) is 6.84. The molecular weight excluding hydrogens is 328 g/mol. The van der Waals surface area contributed by atoms with Gasteiger partial charge in [-0.1, -0.05) is 0 Å². The van der Waals surface area contributed by atoms with Gasteiger partial charge in [0.1, 0.15) is 11.5 Å². The van der Waals surface area contributed by atoms with E-state index in [9.17, 15) is 9.90 Å². The van der Waals surface area contributed by atoms with Crippen molar-refractivity contribution in [2.24, 2.45) is 11.3 Å². The minimum absolute atomic E-state index is 0.0433. The van der Waals surface area contributed by atoms with E-state index in [1.165, 1.54) is 0 Å². The van der Waals surface area contributed by atoms with Gasteiger partial charge in [-0.3, -0.25) is 9.20 Å². The number of carbonyl (C=O) groups excluding carboxylic acids is 1. The monoisotopic (exact) mass is 354 g/mol. The molecular formula is C20H26N4O2. The fraction of sp³-hybridized carbons (Fsp3) is 0.650. The van der Waals surface area contributed by atoms with Gasteiger partial charge in [-0.05, 0) is 51.5 Å². The van der Waals surface area contributed by atoms with Gasteiger partial charge in [0.2, 0.25) is 5.91 Å². The molecule has 0 bridgehead atoms. The first kappa shape index (κ1) is 16.2. The molecule has 1 N–H and O–H groups in total. The highest BCUT2D eigenvalue weighted by Gasteiger charge is 2.51. The Hall–Kier alpha value is -1.95. The van der Waals surface area contributed by atoms with Crippen LogP contribution in [-0.4, -0.2) is 49.0 Å². The molecule has 26 heavy (non-hydrogen) atoms. The summed E-state index contributed by atoms with van der Waals surface area (Å²) in [5.74, 6) is 1.90. The lowest BCUT2D eigenvalue weighted by Crippen LogP contribution is -2.62. The van der Waals surface area contributed by atoms with Gasteiger partial charge >= 0.3 is 0 Å². The number of rotatable bonds is 2. The molecule has 6 nitrogen and oxygen atoms in total. The molecule has 6 heteroatoms. The molecule has 3 fully saturated rings. The van der Waals surface area contributed by atoms with Gasteiger partial charge in [0, 0.05) is 48.9 Å². The highest BCUT2D eigenvalue weighted by atomic mass is 16.3. The molecule has 0 radical (unpaired) electrons. The van der Waals surface area contributed by atoms with Crippen LogP contribution in [-0.2, 0) is 4.79 Å². The van der Waals surface area contributed by atoms with Crippen molar-refractivity contribution >= 4 is 11.6 Å². The molecule has 0 unspecified atom stereocenters. The van der Waals surface area contributed by atoms with E-state index in [-0.39, 0.29) is 11.8 Å². The molecule has 138 valence electrons. The smallest absolute Gasteiger partial charge is 0.225 e. The number of aromatic nitrogens is 3. The molecule has 2 saturated carbocycles. The van der Waals surface area contributed by atoms with Crippen molar-refractivity contribution in [1.29, 1.82) is 0 Å². The Morgan fingerprint density at radius 1 is 1.19 bits per heavy atom. The molecule has 0 atom stereocenters. The van der Waals surface area contributed by atoms with Gasteiger partial charge in [0.05, 0.1) is 5.60 Å². The Kier molecular flexibility index (Phi) is 3.45. The summed E-state index contributed by atoms with van der Waals surface area (Å²) in [7, 11) is 0. The molecule has 2 aromatic heterocycles. The lowest BCUT2D eigenvalue weighted by Gasteiger charge is -2.55. The van der Waals surface area contributed by atoms with E-state index in [1.54, 1.807) is 0 Å². The lowest BCUT2D eigenvalue weighted by atomic mass is 9.64. The number of imidazole rings is 1. The van der Waals surface area contributed by atoms with Crippen LogP contribution in [0.3, 0.4) is 0 Å². The fourth-order valence-electron chi connectivity index (χ4n) is 5.34. The molecule has 0 aromatic carbocycles. The maximum Gasteiger partial charge on any atom is 0.225 e. The minimum atomic E-state index is -0.623. The molecule has 2 aromatic rings. The van der Waals surface area contributed by atoms with Crippen molar-refractivity contribution < 1.29 is 9.90 Å². The summed E-state index contributed by atoms with van der Waals surface area (Å²) in [5, 5.41) is 9.86.